The lowest BCUT2D eigenvalue weighted by Gasteiger charge is -2.32. The molecule has 1 aromatic rings. The fraction of sp³-hybridized carbons (Fsp3) is 0.533. The number of nitrogens with one attached hydrogen (secondary N) is 1. The zero-order chi connectivity index (χ0) is 14.8. The number of benzene rings is 1. The normalized spacial score (nSPS) is 13.8. The van der Waals surface area contributed by atoms with Crippen molar-refractivity contribution in [3.63, 3.8) is 0 Å². The molecule has 0 saturated carbocycles. The van der Waals surface area contributed by atoms with Crippen molar-refractivity contribution in [3.8, 4) is 0 Å². The Bertz CT molecular complexity index is 396. The first-order chi connectivity index (χ1) is 9.71. The minimum absolute atomic E-state index is 0.194. The van der Waals surface area contributed by atoms with E-state index >= 15 is 0 Å². The maximum Gasteiger partial charge on any atom is 0.333 e. The Hall–Kier alpha value is -1.43. The van der Waals surface area contributed by atoms with E-state index in [1.54, 1.807) is 21.1 Å². The van der Waals surface area contributed by atoms with Gasteiger partial charge in [0.2, 0.25) is 0 Å². The first-order valence-corrected chi connectivity index (χ1v) is 6.67. The number of carbonyl (C=O) groups excluding carboxylic acids is 1. The van der Waals surface area contributed by atoms with Gasteiger partial charge in [0.25, 0.3) is 0 Å². The van der Waals surface area contributed by atoms with Gasteiger partial charge >= 0.3 is 5.97 Å². The average molecular weight is 281 g/mol. The van der Waals surface area contributed by atoms with Crippen LogP contribution in [0.25, 0.3) is 0 Å². The van der Waals surface area contributed by atoms with Crippen molar-refractivity contribution in [2.24, 2.45) is 0 Å². The van der Waals surface area contributed by atoms with E-state index in [1.165, 1.54) is 0 Å². The van der Waals surface area contributed by atoms with Gasteiger partial charge in [0.1, 0.15) is 0 Å². The van der Waals surface area contributed by atoms with Crippen molar-refractivity contribution in [2.45, 2.75) is 12.5 Å². The molecule has 0 amide bonds. The van der Waals surface area contributed by atoms with Crippen molar-refractivity contribution in [1.29, 1.82) is 0 Å². The van der Waals surface area contributed by atoms with E-state index in [2.05, 4.69) is 5.32 Å². The van der Waals surface area contributed by atoms with Crippen LogP contribution in [0.5, 0.6) is 0 Å². The highest BCUT2D eigenvalue weighted by atomic mass is 16.5. The van der Waals surface area contributed by atoms with E-state index in [-0.39, 0.29) is 12.6 Å². The number of rotatable bonds is 9. The molecule has 0 radical (unpaired) electrons. The van der Waals surface area contributed by atoms with Crippen LogP contribution in [0, 0.1) is 0 Å². The molecular formula is C15H23NO4. The summed E-state index contributed by atoms with van der Waals surface area (Å²) >= 11 is 0. The van der Waals surface area contributed by atoms with Gasteiger partial charge in [-0.3, -0.25) is 5.32 Å². The van der Waals surface area contributed by atoms with E-state index in [4.69, 9.17) is 14.2 Å². The third-order valence-corrected chi connectivity index (χ3v) is 2.98. The Balaban J connectivity index is 3.08. The molecule has 1 rings (SSSR count). The lowest BCUT2D eigenvalue weighted by atomic mass is 9.90. The van der Waals surface area contributed by atoms with Crippen LogP contribution in [0.3, 0.4) is 0 Å². The molecule has 20 heavy (non-hydrogen) atoms. The predicted molar refractivity (Wildman–Crippen MR) is 76.5 cm³/mol. The second kappa shape index (κ2) is 8.68. The summed E-state index contributed by atoms with van der Waals surface area (Å²) in [7, 11) is 3.18. The van der Waals surface area contributed by atoms with Gasteiger partial charge in [0.15, 0.2) is 5.54 Å². The van der Waals surface area contributed by atoms with Crippen molar-refractivity contribution in [2.75, 3.05) is 40.6 Å². The maximum atomic E-state index is 12.4. The van der Waals surface area contributed by atoms with Gasteiger partial charge in [-0.05, 0) is 12.5 Å². The smallest absolute Gasteiger partial charge is 0.333 e. The van der Waals surface area contributed by atoms with Crippen LogP contribution in [0.4, 0.5) is 0 Å². The van der Waals surface area contributed by atoms with Crippen molar-refractivity contribution >= 4 is 5.97 Å². The topological polar surface area (TPSA) is 56.8 Å². The molecule has 0 aliphatic heterocycles. The van der Waals surface area contributed by atoms with Crippen LogP contribution >= 0.6 is 0 Å². The van der Waals surface area contributed by atoms with Crippen LogP contribution in [0.1, 0.15) is 12.5 Å². The minimum atomic E-state index is -1.01. The van der Waals surface area contributed by atoms with Gasteiger partial charge in [-0.15, -0.1) is 0 Å². The second-order valence-corrected chi connectivity index (χ2v) is 4.34. The van der Waals surface area contributed by atoms with Gasteiger partial charge in [-0.1, -0.05) is 30.3 Å². The van der Waals surface area contributed by atoms with Gasteiger partial charge in [-0.2, -0.15) is 0 Å². The fourth-order valence-corrected chi connectivity index (χ4v) is 2.05. The molecule has 0 bridgehead atoms. The van der Waals surface area contributed by atoms with E-state index in [1.807, 2.05) is 30.3 Å². The van der Waals surface area contributed by atoms with E-state index in [0.717, 1.165) is 5.56 Å². The van der Waals surface area contributed by atoms with Crippen LogP contribution in [-0.4, -0.2) is 46.6 Å². The number of hydrogen-bond acceptors (Lipinski definition) is 5. The third-order valence-electron chi connectivity index (χ3n) is 2.98. The Morgan fingerprint density at radius 3 is 2.45 bits per heavy atom. The number of ether oxygens (including phenoxy) is 3. The lowest BCUT2D eigenvalue weighted by Crippen LogP contribution is -2.54. The highest BCUT2D eigenvalue weighted by Crippen LogP contribution is 2.23. The summed E-state index contributed by atoms with van der Waals surface area (Å²) in [5.41, 5.74) is -0.193. The first-order valence-electron chi connectivity index (χ1n) is 6.67. The van der Waals surface area contributed by atoms with Crippen molar-refractivity contribution in [3.05, 3.63) is 35.9 Å². The molecule has 0 spiro atoms. The summed E-state index contributed by atoms with van der Waals surface area (Å²) in [6.45, 7) is 3.32. The highest BCUT2D eigenvalue weighted by Gasteiger charge is 2.41. The Kier molecular flexibility index (Phi) is 7.22. The molecule has 1 unspecified atom stereocenters. The largest absolute Gasteiger partial charge is 0.464 e. The molecule has 0 aliphatic rings. The quantitative estimate of drug-likeness (QED) is 0.546. The monoisotopic (exact) mass is 281 g/mol. The molecule has 0 saturated heterocycles. The molecule has 112 valence electrons. The molecule has 1 aromatic carbocycles. The van der Waals surface area contributed by atoms with E-state index in [9.17, 15) is 4.79 Å². The summed E-state index contributed by atoms with van der Waals surface area (Å²) < 4.78 is 15.5. The summed E-state index contributed by atoms with van der Waals surface area (Å²) in [5, 5.41) is 3.21. The number of hydrogen-bond donors (Lipinski definition) is 1. The summed E-state index contributed by atoms with van der Waals surface area (Å²) in [6.07, 6.45) is 0. The fourth-order valence-electron chi connectivity index (χ4n) is 2.05. The zero-order valence-corrected chi connectivity index (χ0v) is 12.3. The van der Waals surface area contributed by atoms with Gasteiger partial charge in [-0.25, -0.2) is 4.79 Å². The van der Waals surface area contributed by atoms with Crippen LogP contribution in [0.15, 0.2) is 30.3 Å². The standard InChI is InChI=1S/C15H23NO4/c1-4-20-14(17)15(12-19-3,16-10-11-18-2)13-8-6-5-7-9-13/h5-9,16H,4,10-12H2,1-3H3. The first kappa shape index (κ1) is 16.6. The van der Waals surface area contributed by atoms with Crippen LogP contribution < -0.4 is 5.32 Å². The van der Waals surface area contributed by atoms with Crippen molar-refractivity contribution < 1.29 is 19.0 Å². The summed E-state index contributed by atoms with van der Waals surface area (Å²) in [5.74, 6) is -0.343. The molecule has 0 aromatic heterocycles. The second-order valence-electron chi connectivity index (χ2n) is 4.34. The molecule has 0 fully saturated rings. The van der Waals surface area contributed by atoms with E-state index < -0.39 is 5.54 Å². The highest BCUT2D eigenvalue weighted by molar-refractivity contribution is 5.83. The maximum absolute atomic E-state index is 12.4. The Morgan fingerprint density at radius 2 is 1.90 bits per heavy atom. The van der Waals surface area contributed by atoms with E-state index in [0.29, 0.717) is 19.8 Å². The summed E-state index contributed by atoms with van der Waals surface area (Å²) in [4.78, 5) is 12.4. The predicted octanol–water partition coefficient (Wildman–Crippen LogP) is 1.33. The number of carbonyl (C=O) groups is 1. The molecule has 1 N–H and O–H groups in total. The molecular weight excluding hydrogens is 258 g/mol. The average Bonchev–Trinajstić information content (AvgIpc) is 2.47. The molecule has 5 nitrogen and oxygen atoms in total. The summed E-state index contributed by atoms with van der Waals surface area (Å²) in [6, 6.07) is 9.45. The van der Waals surface area contributed by atoms with Crippen LogP contribution in [0.2, 0.25) is 0 Å². The third kappa shape index (κ3) is 4.03. The van der Waals surface area contributed by atoms with Gasteiger partial charge in [0.05, 0.1) is 19.8 Å². The zero-order valence-electron chi connectivity index (χ0n) is 12.3. The SMILES string of the molecule is CCOC(=O)C(COC)(NCCOC)c1ccccc1. The Labute approximate surface area is 120 Å². The Morgan fingerprint density at radius 1 is 1.20 bits per heavy atom. The number of methoxy groups -OCH3 is 2. The molecule has 0 heterocycles. The molecule has 0 aliphatic carbocycles. The lowest BCUT2D eigenvalue weighted by molar-refractivity contribution is -0.154. The molecule has 1 atom stereocenters. The minimum Gasteiger partial charge on any atom is -0.464 e. The number of esters is 1. The van der Waals surface area contributed by atoms with Gasteiger partial charge in [0, 0.05) is 20.8 Å². The van der Waals surface area contributed by atoms with Crippen molar-refractivity contribution in [1.82, 2.24) is 5.32 Å². The molecule has 5 heteroatoms. The van der Waals surface area contributed by atoms with Crippen LogP contribution in [-0.2, 0) is 24.5 Å². The van der Waals surface area contributed by atoms with Gasteiger partial charge < -0.3 is 14.2 Å².